The predicted molar refractivity (Wildman–Crippen MR) is 78.0 cm³/mol. The second kappa shape index (κ2) is 6.17. The second-order valence-corrected chi connectivity index (χ2v) is 7.39. The lowest BCUT2D eigenvalue weighted by molar-refractivity contribution is -0.161. The van der Waals surface area contributed by atoms with Gasteiger partial charge in [0.15, 0.2) is 3.74 Å². The summed E-state index contributed by atoms with van der Waals surface area (Å²) < 4.78 is 5.30. The summed E-state index contributed by atoms with van der Waals surface area (Å²) >= 11 is 6.38. The number of rotatable bonds is 3. The summed E-state index contributed by atoms with van der Waals surface area (Å²) in [6.45, 7) is 1.72. The molecule has 5 heteroatoms. The zero-order chi connectivity index (χ0) is 13.0. The Morgan fingerprint density at radius 1 is 1.22 bits per heavy atom. The van der Waals surface area contributed by atoms with E-state index in [0.29, 0.717) is 0 Å². The van der Waals surface area contributed by atoms with Crippen molar-refractivity contribution in [2.45, 2.75) is 22.2 Å². The van der Waals surface area contributed by atoms with Gasteiger partial charge in [0.1, 0.15) is 5.60 Å². The number of hydrogen-bond acceptors (Lipinski definition) is 3. The molecular weight excluding hydrogens is 362 g/mol. The van der Waals surface area contributed by atoms with Crippen LogP contribution in [0.5, 0.6) is 0 Å². The lowest BCUT2D eigenvalue weighted by Crippen LogP contribution is -2.43. The standard InChI is InChI=1S/C13H15Br2NO2/c14-11(15)12(17)18-13(6-8-16-9-7-13)10-4-2-1-3-5-10/h1-5,11,16H,6-9H2. The van der Waals surface area contributed by atoms with Gasteiger partial charge in [0.25, 0.3) is 0 Å². The van der Waals surface area contributed by atoms with Gasteiger partial charge in [-0.1, -0.05) is 62.2 Å². The van der Waals surface area contributed by atoms with Gasteiger partial charge in [-0.15, -0.1) is 0 Å². The quantitative estimate of drug-likeness (QED) is 0.651. The van der Waals surface area contributed by atoms with Gasteiger partial charge in [-0.2, -0.15) is 0 Å². The number of ether oxygens (including phenoxy) is 1. The Bertz CT molecular complexity index is 403. The number of carbonyl (C=O) groups is 1. The van der Waals surface area contributed by atoms with Crippen molar-refractivity contribution in [3.8, 4) is 0 Å². The minimum atomic E-state index is -0.497. The molecule has 0 radical (unpaired) electrons. The molecule has 0 unspecified atom stereocenters. The summed E-state index contributed by atoms with van der Waals surface area (Å²) in [7, 11) is 0. The number of halogens is 2. The van der Waals surface area contributed by atoms with Gasteiger partial charge in [0.2, 0.25) is 0 Å². The molecule has 1 saturated heterocycles. The Labute approximate surface area is 124 Å². The van der Waals surface area contributed by atoms with Crippen molar-refractivity contribution in [3.05, 3.63) is 35.9 Å². The van der Waals surface area contributed by atoms with Crippen LogP contribution in [0.2, 0.25) is 0 Å². The van der Waals surface area contributed by atoms with Crippen LogP contribution in [0.4, 0.5) is 0 Å². The summed E-state index contributed by atoms with van der Waals surface area (Å²) in [6.07, 6.45) is 1.60. The lowest BCUT2D eigenvalue weighted by atomic mass is 9.85. The van der Waals surface area contributed by atoms with E-state index in [9.17, 15) is 4.79 Å². The molecular formula is C13H15Br2NO2. The van der Waals surface area contributed by atoms with Crippen LogP contribution in [0.1, 0.15) is 18.4 Å². The molecule has 2 rings (SSSR count). The molecule has 1 heterocycles. The maximum Gasteiger partial charge on any atom is 0.331 e. The van der Waals surface area contributed by atoms with Gasteiger partial charge in [0.05, 0.1) is 0 Å². The van der Waals surface area contributed by atoms with E-state index in [-0.39, 0.29) is 5.97 Å². The maximum atomic E-state index is 11.9. The third-order valence-corrected chi connectivity index (χ3v) is 3.93. The lowest BCUT2D eigenvalue weighted by Gasteiger charge is -2.37. The van der Waals surface area contributed by atoms with E-state index in [0.717, 1.165) is 31.5 Å². The van der Waals surface area contributed by atoms with Gasteiger partial charge in [-0.3, -0.25) is 0 Å². The van der Waals surface area contributed by atoms with Crippen LogP contribution in [0.25, 0.3) is 0 Å². The van der Waals surface area contributed by atoms with E-state index >= 15 is 0 Å². The van der Waals surface area contributed by atoms with Crippen molar-refractivity contribution < 1.29 is 9.53 Å². The van der Waals surface area contributed by atoms with Crippen LogP contribution in [0.3, 0.4) is 0 Å². The Kier molecular flexibility index (Phi) is 4.81. The number of esters is 1. The minimum Gasteiger partial charge on any atom is -0.453 e. The van der Waals surface area contributed by atoms with Gasteiger partial charge in [-0.05, 0) is 18.7 Å². The molecule has 1 N–H and O–H groups in total. The van der Waals surface area contributed by atoms with Gasteiger partial charge in [-0.25, -0.2) is 4.79 Å². The first-order valence-corrected chi connectivity index (χ1v) is 7.74. The molecule has 0 amide bonds. The van der Waals surface area contributed by atoms with Gasteiger partial charge < -0.3 is 10.1 Å². The summed E-state index contributed by atoms with van der Waals surface area (Å²) in [6, 6.07) is 9.98. The SMILES string of the molecule is O=C(OC1(c2ccccc2)CCNCC1)C(Br)Br. The number of alkyl halides is 2. The van der Waals surface area contributed by atoms with Gasteiger partial charge in [0, 0.05) is 12.8 Å². The molecule has 18 heavy (non-hydrogen) atoms. The summed E-state index contributed by atoms with van der Waals surface area (Å²) in [5.41, 5.74) is 0.573. The average Bonchev–Trinajstić information content (AvgIpc) is 2.40. The second-order valence-electron chi connectivity index (χ2n) is 4.33. The van der Waals surface area contributed by atoms with Crippen LogP contribution >= 0.6 is 31.9 Å². The third kappa shape index (κ3) is 3.13. The van der Waals surface area contributed by atoms with Crippen molar-refractivity contribution in [1.29, 1.82) is 0 Å². The molecule has 0 bridgehead atoms. The van der Waals surface area contributed by atoms with E-state index < -0.39 is 9.34 Å². The van der Waals surface area contributed by atoms with E-state index in [1.807, 2.05) is 30.3 Å². The highest BCUT2D eigenvalue weighted by Crippen LogP contribution is 2.35. The van der Waals surface area contributed by atoms with Gasteiger partial charge >= 0.3 is 5.97 Å². The van der Waals surface area contributed by atoms with Crippen molar-refractivity contribution >= 4 is 37.8 Å². The highest BCUT2D eigenvalue weighted by atomic mass is 79.9. The average molecular weight is 377 g/mol. The summed E-state index contributed by atoms with van der Waals surface area (Å²) in [5, 5.41) is 3.30. The molecule has 1 aliphatic heterocycles. The van der Waals surface area contributed by atoms with Crippen LogP contribution in [-0.4, -0.2) is 22.8 Å². The summed E-state index contributed by atoms with van der Waals surface area (Å²) in [5.74, 6) is -0.277. The number of carbonyl (C=O) groups excluding carboxylic acids is 1. The molecule has 0 aromatic heterocycles. The smallest absolute Gasteiger partial charge is 0.331 e. The first-order chi connectivity index (χ1) is 8.64. The fourth-order valence-corrected chi connectivity index (χ4v) is 2.45. The number of nitrogens with one attached hydrogen (secondary N) is 1. The first kappa shape index (κ1) is 14.0. The predicted octanol–water partition coefficient (Wildman–Crippen LogP) is 2.92. The zero-order valence-corrected chi connectivity index (χ0v) is 13.0. The normalized spacial score (nSPS) is 18.6. The van der Waals surface area contributed by atoms with Crippen molar-refractivity contribution in [2.75, 3.05) is 13.1 Å². The maximum absolute atomic E-state index is 11.9. The Morgan fingerprint density at radius 3 is 2.39 bits per heavy atom. The van der Waals surface area contributed by atoms with Crippen molar-refractivity contribution in [3.63, 3.8) is 0 Å². The largest absolute Gasteiger partial charge is 0.453 e. The molecule has 0 atom stereocenters. The van der Waals surface area contributed by atoms with E-state index in [1.54, 1.807) is 0 Å². The topological polar surface area (TPSA) is 38.3 Å². The molecule has 1 aliphatic rings. The van der Waals surface area contributed by atoms with Crippen LogP contribution in [0.15, 0.2) is 30.3 Å². The van der Waals surface area contributed by atoms with E-state index in [4.69, 9.17) is 4.74 Å². The Hall–Kier alpha value is -0.390. The Balaban J connectivity index is 2.26. The van der Waals surface area contributed by atoms with Crippen LogP contribution < -0.4 is 5.32 Å². The molecule has 3 nitrogen and oxygen atoms in total. The molecule has 1 aromatic carbocycles. The summed E-state index contributed by atoms with van der Waals surface area (Å²) in [4.78, 5) is 11.9. The van der Waals surface area contributed by atoms with Crippen molar-refractivity contribution in [2.24, 2.45) is 0 Å². The number of benzene rings is 1. The first-order valence-electron chi connectivity index (χ1n) is 5.91. The van der Waals surface area contributed by atoms with Crippen LogP contribution in [-0.2, 0) is 15.1 Å². The monoisotopic (exact) mass is 375 g/mol. The molecule has 0 saturated carbocycles. The molecule has 0 spiro atoms. The zero-order valence-electron chi connectivity index (χ0n) is 9.86. The van der Waals surface area contributed by atoms with E-state index in [1.165, 1.54) is 0 Å². The highest BCUT2D eigenvalue weighted by Gasteiger charge is 2.38. The minimum absolute atomic E-state index is 0.277. The number of piperidine rings is 1. The molecule has 1 aromatic rings. The van der Waals surface area contributed by atoms with Crippen molar-refractivity contribution in [1.82, 2.24) is 5.32 Å². The number of hydrogen-bond donors (Lipinski definition) is 1. The molecule has 0 aliphatic carbocycles. The van der Waals surface area contributed by atoms with E-state index in [2.05, 4.69) is 37.2 Å². The van der Waals surface area contributed by atoms with Crippen LogP contribution in [0, 0.1) is 0 Å². The fourth-order valence-electron chi connectivity index (χ4n) is 2.26. The fraction of sp³-hybridized carbons (Fsp3) is 0.462. The molecule has 98 valence electrons. The highest BCUT2D eigenvalue weighted by molar-refractivity contribution is 9.25. The Morgan fingerprint density at radius 2 is 1.83 bits per heavy atom. The third-order valence-electron chi connectivity index (χ3n) is 3.19. The molecule has 1 fully saturated rings.